The summed E-state index contributed by atoms with van der Waals surface area (Å²) in [5, 5.41) is 0.825. The molecule has 0 radical (unpaired) electrons. The Morgan fingerprint density at radius 3 is 2.58 bits per heavy atom. The van der Waals surface area contributed by atoms with Gasteiger partial charge in [0.2, 0.25) is 0 Å². The Labute approximate surface area is 191 Å². The molecule has 4 rings (SSSR count). The molecule has 2 heterocycles. The van der Waals surface area contributed by atoms with Gasteiger partial charge in [-0.15, -0.1) is 0 Å². The summed E-state index contributed by atoms with van der Waals surface area (Å²) in [4.78, 5) is 23.4. The van der Waals surface area contributed by atoms with Crippen molar-refractivity contribution in [3.8, 4) is 5.75 Å². The van der Waals surface area contributed by atoms with Gasteiger partial charge in [-0.3, -0.25) is 9.78 Å². The Hall–Kier alpha value is -3.98. The van der Waals surface area contributed by atoms with Gasteiger partial charge in [-0.1, -0.05) is 12.1 Å². The molecule has 2 aromatic carbocycles. The first-order chi connectivity index (χ1) is 15.8. The summed E-state index contributed by atoms with van der Waals surface area (Å²) in [7, 11) is -2.08. The Balaban J connectivity index is 1.89. The second-order valence-corrected chi connectivity index (χ2v) is 9.45. The third kappa shape index (κ3) is 4.63. The molecule has 1 amide bonds. The van der Waals surface area contributed by atoms with Crippen LogP contribution >= 0.6 is 0 Å². The zero-order chi connectivity index (χ0) is 23.6. The molecule has 0 atom stereocenters. The number of amides is 1. The van der Waals surface area contributed by atoms with Crippen LogP contribution in [0.25, 0.3) is 10.9 Å². The summed E-state index contributed by atoms with van der Waals surface area (Å²) in [6.07, 6.45) is 4.12. The number of fused-ring (bicyclic) bond motifs is 1. The highest BCUT2D eigenvalue weighted by atomic mass is 32.2. The third-order valence-corrected chi connectivity index (χ3v) is 6.29. The van der Waals surface area contributed by atoms with Crippen molar-refractivity contribution < 1.29 is 17.9 Å². The van der Waals surface area contributed by atoms with Gasteiger partial charge >= 0.3 is 0 Å². The Morgan fingerprint density at radius 2 is 1.88 bits per heavy atom. The molecule has 0 bridgehead atoms. The molecule has 2 N–H and O–H groups in total. The second-order valence-electron chi connectivity index (χ2n) is 7.47. The number of rotatable bonds is 6. The number of aromatic nitrogens is 2. The first kappa shape index (κ1) is 22.2. The first-order valence-corrected chi connectivity index (χ1v) is 11.9. The monoisotopic (exact) mass is 462 g/mol. The fraction of sp³-hybridized carbons (Fsp3) is 0.125. The summed E-state index contributed by atoms with van der Waals surface area (Å²) in [5.41, 5.74) is 7.71. The number of sulfone groups is 1. The lowest BCUT2D eigenvalue weighted by Crippen LogP contribution is -2.32. The molecule has 0 saturated heterocycles. The number of hydrogen-bond acceptors (Lipinski definition) is 7. The molecule has 2 aromatic heterocycles. The van der Waals surface area contributed by atoms with Crippen LogP contribution in [0.1, 0.15) is 15.9 Å². The minimum absolute atomic E-state index is 0.0376. The molecule has 33 heavy (non-hydrogen) atoms. The standard InChI is InChI=1S/C24H22N4O4S/c1-32-21-13-16-9-10-23(25)27-19(16)12-18(21)15-28(24(29)17-6-5-11-26-14-17)20-7-3-4-8-22(20)33(2,30)31/h3-14H,15H2,1-2H3,(H2,25,27). The number of methoxy groups -OCH3 is 1. The van der Waals surface area contributed by atoms with Gasteiger partial charge in [-0.25, -0.2) is 13.4 Å². The quantitative estimate of drug-likeness (QED) is 0.466. The number of nitrogens with two attached hydrogens (primary N) is 1. The average Bonchev–Trinajstić information content (AvgIpc) is 2.81. The number of ether oxygens (including phenoxy) is 1. The van der Waals surface area contributed by atoms with Crippen molar-refractivity contribution in [2.75, 3.05) is 24.0 Å². The number of carbonyl (C=O) groups is 1. The van der Waals surface area contributed by atoms with Crippen molar-refractivity contribution >= 4 is 38.2 Å². The third-order valence-electron chi connectivity index (χ3n) is 5.15. The predicted octanol–water partition coefficient (Wildman–Crippen LogP) is 3.47. The molecule has 0 spiro atoms. The number of benzene rings is 2. The molecule has 0 aliphatic rings. The lowest BCUT2D eigenvalue weighted by Gasteiger charge is -2.26. The van der Waals surface area contributed by atoms with E-state index in [-0.39, 0.29) is 17.1 Å². The molecule has 9 heteroatoms. The summed E-state index contributed by atoms with van der Waals surface area (Å²) in [6.45, 7) is 0.0376. The molecule has 0 unspecified atom stereocenters. The highest BCUT2D eigenvalue weighted by molar-refractivity contribution is 7.90. The van der Waals surface area contributed by atoms with Crippen molar-refractivity contribution in [3.05, 3.63) is 84.2 Å². The molecule has 0 fully saturated rings. The zero-order valence-electron chi connectivity index (χ0n) is 18.1. The van der Waals surface area contributed by atoms with Gasteiger partial charge in [-0.2, -0.15) is 0 Å². The summed E-state index contributed by atoms with van der Waals surface area (Å²) < 4.78 is 30.6. The minimum atomic E-state index is -3.61. The van der Waals surface area contributed by atoms with Crippen LogP contribution in [0.5, 0.6) is 5.75 Å². The molecule has 168 valence electrons. The van der Waals surface area contributed by atoms with Crippen molar-refractivity contribution in [1.29, 1.82) is 0 Å². The van der Waals surface area contributed by atoms with Crippen molar-refractivity contribution in [3.63, 3.8) is 0 Å². The van der Waals surface area contributed by atoms with Gasteiger partial charge in [0.15, 0.2) is 9.84 Å². The number of carbonyl (C=O) groups excluding carboxylic acids is 1. The van der Waals surface area contributed by atoms with Gasteiger partial charge < -0.3 is 15.4 Å². The number of hydrogen-bond donors (Lipinski definition) is 1. The van der Waals surface area contributed by atoms with E-state index in [1.807, 2.05) is 12.1 Å². The summed E-state index contributed by atoms with van der Waals surface area (Å²) in [5.74, 6) is 0.501. The van der Waals surface area contributed by atoms with Crippen molar-refractivity contribution in [2.45, 2.75) is 11.4 Å². The van der Waals surface area contributed by atoms with E-state index in [0.717, 1.165) is 11.6 Å². The fourth-order valence-electron chi connectivity index (χ4n) is 3.60. The van der Waals surface area contributed by atoms with Gasteiger partial charge in [0.1, 0.15) is 11.6 Å². The smallest absolute Gasteiger partial charge is 0.260 e. The lowest BCUT2D eigenvalue weighted by atomic mass is 10.1. The molecule has 8 nitrogen and oxygen atoms in total. The van der Waals surface area contributed by atoms with E-state index in [2.05, 4.69) is 9.97 Å². The summed E-state index contributed by atoms with van der Waals surface area (Å²) >= 11 is 0. The largest absolute Gasteiger partial charge is 0.496 e. The maximum atomic E-state index is 13.6. The van der Waals surface area contributed by atoms with Crippen LogP contribution in [0.3, 0.4) is 0 Å². The average molecular weight is 463 g/mol. The molecule has 0 aliphatic heterocycles. The van der Waals surface area contributed by atoms with Crippen LogP contribution in [-0.4, -0.2) is 37.7 Å². The Kier molecular flexibility index (Phi) is 5.97. The van der Waals surface area contributed by atoms with Gasteiger partial charge in [0.05, 0.1) is 35.3 Å². The zero-order valence-corrected chi connectivity index (χ0v) is 18.9. The van der Waals surface area contributed by atoms with Gasteiger partial charge in [0.25, 0.3) is 5.91 Å². The van der Waals surface area contributed by atoms with E-state index in [1.54, 1.807) is 48.7 Å². The molecular weight excluding hydrogens is 440 g/mol. The number of anilines is 2. The van der Waals surface area contributed by atoms with Crippen LogP contribution in [0.15, 0.2) is 78.0 Å². The SMILES string of the molecule is COc1cc2ccc(N)nc2cc1CN(C(=O)c1cccnc1)c1ccccc1S(C)(=O)=O. The topological polar surface area (TPSA) is 115 Å². The van der Waals surface area contributed by atoms with Gasteiger partial charge in [-0.05, 0) is 48.5 Å². The van der Waals surface area contributed by atoms with E-state index >= 15 is 0 Å². The normalized spacial score (nSPS) is 11.3. The van der Waals surface area contributed by atoms with E-state index in [0.29, 0.717) is 28.2 Å². The van der Waals surface area contributed by atoms with Crippen LogP contribution in [0, 0.1) is 0 Å². The Bertz CT molecular complexity index is 1440. The van der Waals surface area contributed by atoms with Crippen LogP contribution in [0.2, 0.25) is 0 Å². The first-order valence-electron chi connectivity index (χ1n) is 10.0. The predicted molar refractivity (Wildman–Crippen MR) is 127 cm³/mol. The number of pyridine rings is 2. The maximum absolute atomic E-state index is 13.6. The molecule has 0 aliphatic carbocycles. The van der Waals surface area contributed by atoms with Crippen LogP contribution in [0.4, 0.5) is 11.5 Å². The number of nitrogens with zero attached hydrogens (tertiary/aromatic N) is 3. The highest BCUT2D eigenvalue weighted by Crippen LogP contribution is 2.32. The van der Waals surface area contributed by atoms with E-state index in [4.69, 9.17) is 10.5 Å². The lowest BCUT2D eigenvalue weighted by molar-refractivity contribution is 0.0984. The van der Waals surface area contributed by atoms with Crippen molar-refractivity contribution in [2.24, 2.45) is 0 Å². The Morgan fingerprint density at radius 1 is 1.09 bits per heavy atom. The van der Waals surface area contributed by atoms with E-state index < -0.39 is 15.7 Å². The van der Waals surface area contributed by atoms with Crippen LogP contribution < -0.4 is 15.4 Å². The summed E-state index contributed by atoms with van der Waals surface area (Å²) in [6, 6.07) is 16.8. The van der Waals surface area contributed by atoms with Crippen LogP contribution in [-0.2, 0) is 16.4 Å². The molecule has 0 saturated carbocycles. The second kappa shape index (κ2) is 8.87. The number of nitrogen functional groups attached to an aromatic ring is 1. The molecular formula is C24H22N4O4S. The fourth-order valence-corrected chi connectivity index (χ4v) is 4.48. The van der Waals surface area contributed by atoms with Gasteiger partial charge in [0, 0.05) is 29.6 Å². The van der Waals surface area contributed by atoms with Crippen molar-refractivity contribution in [1.82, 2.24) is 9.97 Å². The van der Waals surface area contributed by atoms with E-state index in [9.17, 15) is 13.2 Å². The van der Waals surface area contributed by atoms with E-state index in [1.165, 1.54) is 24.3 Å². The molecule has 4 aromatic rings. The minimum Gasteiger partial charge on any atom is -0.496 e. The number of para-hydroxylation sites is 1. The highest BCUT2D eigenvalue weighted by Gasteiger charge is 2.25. The maximum Gasteiger partial charge on any atom is 0.260 e.